The Morgan fingerprint density at radius 3 is 1.85 bits per heavy atom. The van der Waals surface area contributed by atoms with E-state index in [0.717, 1.165) is 12.5 Å². The third kappa shape index (κ3) is 26.6. The summed E-state index contributed by atoms with van der Waals surface area (Å²) in [5.74, 6) is -2.32. The van der Waals surface area contributed by atoms with Gasteiger partial charge >= 0.3 is 23.9 Å². The lowest BCUT2D eigenvalue weighted by Crippen LogP contribution is -2.10. The highest BCUT2D eigenvalue weighted by Gasteiger charge is 2.07. The fraction of sp³-hybridized carbons (Fsp3) is 0.333. The van der Waals surface area contributed by atoms with Gasteiger partial charge in [-0.2, -0.15) is 0 Å². The number of carboxylic acid groups (broad SMARTS) is 1. The number of esters is 3. The summed E-state index contributed by atoms with van der Waals surface area (Å²) in [7, 11) is 0. The molecular formula is C30H42O9. The molecule has 9 nitrogen and oxygen atoms in total. The Bertz CT molecular complexity index is 942. The van der Waals surface area contributed by atoms with Crippen molar-refractivity contribution in [1.82, 2.24) is 0 Å². The lowest BCUT2D eigenvalue weighted by molar-refractivity contribution is -0.140. The first-order chi connectivity index (χ1) is 18.4. The first-order valence-corrected chi connectivity index (χ1v) is 12.1. The van der Waals surface area contributed by atoms with E-state index in [-0.39, 0.29) is 42.7 Å². The molecule has 0 unspecified atom stereocenters. The zero-order valence-electron chi connectivity index (χ0n) is 23.4. The van der Waals surface area contributed by atoms with Gasteiger partial charge in [0.1, 0.15) is 6.61 Å². The van der Waals surface area contributed by atoms with Crippen LogP contribution in [-0.4, -0.2) is 60.5 Å². The summed E-state index contributed by atoms with van der Waals surface area (Å²) in [6.07, 6.45) is 5.36. The average Bonchev–Trinajstić information content (AvgIpc) is 2.94. The molecule has 0 saturated carbocycles. The van der Waals surface area contributed by atoms with E-state index in [1.807, 2.05) is 43.3 Å². The number of carbonyl (C=O) groups is 4. The van der Waals surface area contributed by atoms with Gasteiger partial charge in [-0.3, -0.25) is 0 Å². The number of carboxylic acids is 1. The monoisotopic (exact) mass is 546 g/mol. The molecular weight excluding hydrogens is 504 g/mol. The van der Waals surface area contributed by atoms with Crippen molar-refractivity contribution in [2.24, 2.45) is 0 Å². The van der Waals surface area contributed by atoms with Gasteiger partial charge in [-0.15, -0.1) is 0 Å². The van der Waals surface area contributed by atoms with Crippen molar-refractivity contribution >= 4 is 30.0 Å². The molecule has 0 aromatic heterocycles. The lowest BCUT2D eigenvalue weighted by Gasteiger charge is -2.03. The predicted molar refractivity (Wildman–Crippen MR) is 153 cm³/mol. The van der Waals surface area contributed by atoms with Gasteiger partial charge in [0.15, 0.2) is 0 Å². The Kier molecular flexibility index (Phi) is 27.0. The maximum atomic E-state index is 11.1. The Balaban J connectivity index is -0.000000465. The predicted octanol–water partition coefficient (Wildman–Crippen LogP) is 5.08. The number of rotatable bonds is 12. The van der Waals surface area contributed by atoms with Crippen LogP contribution in [0.3, 0.4) is 0 Å². The molecule has 0 aliphatic rings. The Morgan fingerprint density at radius 2 is 1.49 bits per heavy atom. The zero-order valence-corrected chi connectivity index (χ0v) is 23.4. The molecule has 0 atom stereocenters. The summed E-state index contributed by atoms with van der Waals surface area (Å²) in [6.45, 7) is 21.1. The molecule has 0 amide bonds. The van der Waals surface area contributed by atoms with Gasteiger partial charge in [0, 0.05) is 22.8 Å². The third-order valence-electron chi connectivity index (χ3n) is 3.88. The molecule has 2 N–H and O–H groups in total. The number of aliphatic hydroxyl groups is 1. The second-order valence-corrected chi connectivity index (χ2v) is 7.35. The molecule has 0 fully saturated rings. The summed E-state index contributed by atoms with van der Waals surface area (Å²) in [5.41, 5.74) is 1.93. The molecule has 1 aromatic carbocycles. The highest BCUT2D eigenvalue weighted by molar-refractivity contribution is 5.89. The van der Waals surface area contributed by atoms with Crippen LogP contribution in [0.25, 0.3) is 6.08 Å². The molecule has 0 saturated heterocycles. The van der Waals surface area contributed by atoms with Crippen molar-refractivity contribution in [2.75, 3.05) is 26.4 Å². The molecule has 0 aliphatic carbocycles. The lowest BCUT2D eigenvalue weighted by atomic mass is 10.1. The fourth-order valence-electron chi connectivity index (χ4n) is 1.79. The number of allylic oxidation sites excluding steroid dienone is 1. The van der Waals surface area contributed by atoms with Crippen molar-refractivity contribution in [3.05, 3.63) is 91.1 Å². The molecule has 0 spiro atoms. The van der Waals surface area contributed by atoms with Crippen LogP contribution >= 0.6 is 0 Å². The topological polar surface area (TPSA) is 136 Å². The minimum atomic E-state index is -1.04. The van der Waals surface area contributed by atoms with E-state index in [2.05, 4.69) is 40.5 Å². The van der Waals surface area contributed by atoms with Crippen molar-refractivity contribution in [2.45, 2.75) is 40.5 Å². The standard InChI is InChI=1S/C10H14O5.C8H8.2C6H10O2/c1-7(9(12)13)3-4-8(2)10(14)15-6-5-11;1-2-8-6-4-3-5-7-8;1-4-8-6(7)5(2)3;1-3-5-8-6(7)4-2/h3,11H,2,4-6H2,1H3,(H,12,13);2-7H,1H2;2,4H2,1,3H3;4H,2-3,5H2,1H3. The van der Waals surface area contributed by atoms with E-state index in [4.69, 9.17) is 10.2 Å². The molecule has 39 heavy (non-hydrogen) atoms. The Hall–Kier alpha value is -4.24. The van der Waals surface area contributed by atoms with Crippen LogP contribution in [0.4, 0.5) is 0 Å². The van der Waals surface area contributed by atoms with Crippen molar-refractivity contribution in [1.29, 1.82) is 0 Å². The normalized spacial score (nSPS) is 9.31. The fourth-order valence-corrected chi connectivity index (χ4v) is 1.79. The summed E-state index contributed by atoms with van der Waals surface area (Å²) >= 11 is 0. The second kappa shape index (κ2) is 26.8. The maximum Gasteiger partial charge on any atom is 0.333 e. The van der Waals surface area contributed by atoms with Crippen LogP contribution in [0.1, 0.15) is 46.1 Å². The van der Waals surface area contributed by atoms with Gasteiger partial charge < -0.3 is 24.4 Å². The summed E-state index contributed by atoms with van der Waals surface area (Å²) < 4.78 is 13.7. The summed E-state index contributed by atoms with van der Waals surface area (Å²) in [4.78, 5) is 42.1. The van der Waals surface area contributed by atoms with E-state index < -0.39 is 11.9 Å². The highest BCUT2D eigenvalue weighted by atomic mass is 16.5. The van der Waals surface area contributed by atoms with Crippen molar-refractivity contribution < 1.29 is 43.6 Å². The summed E-state index contributed by atoms with van der Waals surface area (Å²) in [5, 5.41) is 16.9. The maximum absolute atomic E-state index is 11.1. The minimum absolute atomic E-state index is 0.0838. The SMILES string of the molecule is C=C(C)C(=O)OCC.C=C(CC=C(C)C(=O)O)C(=O)OCCO.C=CC(=O)OCCC.C=Cc1ccccc1. The number of aliphatic carboxylic acids is 1. The van der Waals surface area contributed by atoms with E-state index in [9.17, 15) is 19.2 Å². The van der Waals surface area contributed by atoms with E-state index >= 15 is 0 Å². The first kappa shape index (κ1) is 39.3. The molecule has 0 bridgehead atoms. The molecule has 0 radical (unpaired) electrons. The number of benzene rings is 1. The molecule has 0 heterocycles. The second-order valence-electron chi connectivity index (χ2n) is 7.35. The van der Waals surface area contributed by atoms with Gasteiger partial charge in [-0.25, -0.2) is 19.2 Å². The van der Waals surface area contributed by atoms with Gasteiger partial charge in [0.05, 0.1) is 19.8 Å². The Labute approximate surface area is 231 Å². The molecule has 216 valence electrons. The smallest absolute Gasteiger partial charge is 0.333 e. The zero-order chi connectivity index (χ0) is 30.6. The largest absolute Gasteiger partial charge is 0.478 e. The van der Waals surface area contributed by atoms with Crippen LogP contribution in [0, 0.1) is 0 Å². The Morgan fingerprint density at radius 1 is 0.897 bits per heavy atom. The van der Waals surface area contributed by atoms with E-state index in [1.165, 1.54) is 18.6 Å². The molecule has 1 rings (SSSR count). The summed E-state index contributed by atoms with van der Waals surface area (Å²) in [6, 6.07) is 10.0. The number of aliphatic hydroxyl groups excluding tert-OH is 1. The van der Waals surface area contributed by atoms with Gasteiger partial charge in [0.2, 0.25) is 0 Å². The highest BCUT2D eigenvalue weighted by Crippen LogP contribution is 2.05. The third-order valence-corrected chi connectivity index (χ3v) is 3.88. The number of hydrogen-bond acceptors (Lipinski definition) is 8. The van der Waals surface area contributed by atoms with Crippen molar-refractivity contribution in [3.8, 4) is 0 Å². The van der Waals surface area contributed by atoms with E-state index in [1.54, 1.807) is 13.8 Å². The average molecular weight is 547 g/mol. The minimum Gasteiger partial charge on any atom is -0.478 e. The number of hydrogen-bond donors (Lipinski definition) is 2. The van der Waals surface area contributed by atoms with Gasteiger partial charge in [-0.05, 0) is 39.2 Å². The van der Waals surface area contributed by atoms with Crippen LogP contribution in [0.2, 0.25) is 0 Å². The van der Waals surface area contributed by atoms with Gasteiger partial charge in [-0.1, -0.05) is 75.7 Å². The van der Waals surface area contributed by atoms with Crippen molar-refractivity contribution in [3.63, 3.8) is 0 Å². The van der Waals surface area contributed by atoms with E-state index in [0.29, 0.717) is 18.8 Å². The van der Waals surface area contributed by atoms with Crippen LogP contribution in [0.15, 0.2) is 85.5 Å². The van der Waals surface area contributed by atoms with Crippen LogP contribution < -0.4 is 0 Å². The van der Waals surface area contributed by atoms with Crippen LogP contribution in [0.5, 0.6) is 0 Å². The quantitative estimate of drug-likeness (QED) is 0.209. The number of carbonyl (C=O) groups excluding carboxylic acids is 3. The number of ether oxygens (including phenoxy) is 3. The molecule has 9 heteroatoms. The van der Waals surface area contributed by atoms with Gasteiger partial charge in [0.25, 0.3) is 0 Å². The molecule has 0 aliphatic heterocycles. The first-order valence-electron chi connectivity index (χ1n) is 12.1. The molecule has 1 aromatic rings. The van der Waals surface area contributed by atoms with Crippen LogP contribution in [-0.2, 0) is 33.4 Å².